The summed E-state index contributed by atoms with van der Waals surface area (Å²) in [6.07, 6.45) is -4.08. The van der Waals surface area contributed by atoms with Gasteiger partial charge in [-0.25, -0.2) is 4.39 Å². The van der Waals surface area contributed by atoms with Crippen LogP contribution in [0.2, 0.25) is 0 Å². The number of rotatable bonds is 4. The van der Waals surface area contributed by atoms with Crippen LogP contribution in [0, 0.1) is 5.82 Å². The Hall–Kier alpha value is -1.54. The number of aromatic nitrogens is 2. The van der Waals surface area contributed by atoms with E-state index in [1.54, 1.807) is 7.05 Å². The molecule has 0 aliphatic heterocycles. The normalized spacial score (nSPS) is 11.8. The van der Waals surface area contributed by atoms with Crippen LogP contribution in [0.15, 0.2) is 18.2 Å². The van der Waals surface area contributed by atoms with Gasteiger partial charge in [-0.15, -0.1) is 10.2 Å². The Balaban J connectivity index is 2.31. The number of hydrogen-bond donors (Lipinski definition) is 1. The fourth-order valence-electron chi connectivity index (χ4n) is 1.58. The second-order valence-electron chi connectivity index (χ2n) is 4.05. The van der Waals surface area contributed by atoms with E-state index in [1.165, 1.54) is 17.4 Å². The summed E-state index contributed by atoms with van der Waals surface area (Å²) >= 11 is 1.20. The number of alkyl halides is 3. The molecule has 2 rings (SSSR count). The second-order valence-corrected chi connectivity index (χ2v) is 5.11. The lowest BCUT2D eigenvalue weighted by Crippen LogP contribution is -2.09. The first kappa shape index (κ1) is 14.9. The van der Waals surface area contributed by atoms with E-state index in [0.717, 1.165) is 12.1 Å². The van der Waals surface area contributed by atoms with Crippen LogP contribution < -0.4 is 5.32 Å². The molecule has 0 radical (unpaired) electrons. The third-order valence-electron chi connectivity index (χ3n) is 2.57. The lowest BCUT2D eigenvalue weighted by Gasteiger charge is -2.08. The maximum absolute atomic E-state index is 13.2. The lowest BCUT2D eigenvalue weighted by atomic mass is 10.1. The van der Waals surface area contributed by atoms with Crippen molar-refractivity contribution in [2.45, 2.75) is 12.6 Å². The third-order valence-corrected chi connectivity index (χ3v) is 3.61. The van der Waals surface area contributed by atoms with Crippen LogP contribution in [0.3, 0.4) is 0 Å². The minimum Gasteiger partial charge on any atom is -0.319 e. The van der Waals surface area contributed by atoms with E-state index in [1.807, 2.05) is 0 Å². The summed E-state index contributed by atoms with van der Waals surface area (Å²) in [5, 5.41) is 11.7. The average molecular weight is 305 g/mol. The summed E-state index contributed by atoms with van der Waals surface area (Å²) < 4.78 is 51.1. The zero-order chi connectivity index (χ0) is 14.8. The van der Waals surface area contributed by atoms with Crippen LogP contribution >= 0.6 is 11.3 Å². The Morgan fingerprint density at radius 2 is 2.00 bits per heavy atom. The maximum atomic E-state index is 13.2. The van der Waals surface area contributed by atoms with Crippen molar-refractivity contribution in [1.82, 2.24) is 15.5 Å². The summed E-state index contributed by atoms with van der Waals surface area (Å²) in [5.41, 5.74) is -1.08. The number of hydrogen-bond acceptors (Lipinski definition) is 4. The fourth-order valence-corrected chi connectivity index (χ4v) is 2.41. The van der Waals surface area contributed by atoms with Crippen LogP contribution in [0.1, 0.15) is 10.6 Å². The van der Waals surface area contributed by atoms with Crippen molar-refractivity contribution in [3.05, 3.63) is 34.6 Å². The van der Waals surface area contributed by atoms with Crippen molar-refractivity contribution in [3.8, 4) is 10.6 Å². The number of halogens is 4. The monoisotopic (exact) mass is 305 g/mol. The van der Waals surface area contributed by atoms with Crippen LogP contribution in [-0.4, -0.2) is 23.8 Å². The number of benzene rings is 1. The van der Waals surface area contributed by atoms with Gasteiger partial charge in [-0.1, -0.05) is 11.3 Å². The zero-order valence-corrected chi connectivity index (χ0v) is 11.3. The molecule has 0 aliphatic carbocycles. The molecule has 0 aliphatic rings. The van der Waals surface area contributed by atoms with Gasteiger partial charge in [0.1, 0.15) is 15.8 Å². The van der Waals surface area contributed by atoms with E-state index in [4.69, 9.17) is 0 Å². The van der Waals surface area contributed by atoms with Crippen molar-refractivity contribution < 1.29 is 17.6 Å². The first-order valence-corrected chi connectivity index (χ1v) is 6.57. The Morgan fingerprint density at radius 1 is 1.25 bits per heavy atom. The van der Waals surface area contributed by atoms with Gasteiger partial charge in [0.15, 0.2) is 0 Å². The van der Waals surface area contributed by atoms with Crippen molar-refractivity contribution in [3.63, 3.8) is 0 Å². The maximum Gasteiger partial charge on any atom is 0.419 e. The van der Waals surface area contributed by atoms with Gasteiger partial charge in [-0.05, 0) is 25.2 Å². The molecule has 0 saturated heterocycles. The fraction of sp³-hybridized carbons (Fsp3) is 0.333. The van der Waals surface area contributed by atoms with Gasteiger partial charge in [0.2, 0.25) is 0 Å². The van der Waals surface area contributed by atoms with E-state index in [9.17, 15) is 17.6 Å². The molecule has 8 heteroatoms. The van der Waals surface area contributed by atoms with E-state index in [-0.39, 0.29) is 5.56 Å². The second kappa shape index (κ2) is 5.84. The number of nitrogens with zero attached hydrogens (tertiary/aromatic N) is 2. The Bertz CT molecular complexity index is 595. The standard InChI is InChI=1S/C12H11F4N3S/c1-17-5-4-10-18-19-11(20-10)7-2-3-9(13)8(6-7)12(14,15)16/h2-3,6,17H,4-5H2,1H3. The van der Waals surface area contributed by atoms with Gasteiger partial charge in [-0.2, -0.15) is 13.2 Å². The first-order chi connectivity index (χ1) is 9.41. The molecule has 0 saturated carbocycles. The Labute approximate surface area is 116 Å². The molecule has 1 aromatic heterocycles. The minimum absolute atomic E-state index is 0.215. The highest BCUT2D eigenvalue weighted by Crippen LogP contribution is 2.34. The molecule has 108 valence electrons. The zero-order valence-electron chi connectivity index (χ0n) is 10.5. The predicted octanol–water partition coefficient (Wildman–Crippen LogP) is 3.12. The number of likely N-dealkylation sites (N-methyl/N-ethyl adjacent to an activating group) is 1. The van der Waals surface area contributed by atoms with Crippen molar-refractivity contribution in [2.24, 2.45) is 0 Å². The van der Waals surface area contributed by atoms with Crippen LogP contribution in [-0.2, 0) is 12.6 Å². The van der Waals surface area contributed by atoms with Crippen molar-refractivity contribution >= 4 is 11.3 Å². The quantitative estimate of drug-likeness (QED) is 0.882. The molecule has 1 aromatic carbocycles. The third kappa shape index (κ3) is 3.31. The molecule has 0 fully saturated rings. The molecule has 1 N–H and O–H groups in total. The minimum atomic E-state index is -4.72. The summed E-state index contributed by atoms with van der Waals surface area (Å²) in [6, 6.07) is 2.83. The van der Waals surface area contributed by atoms with Crippen LogP contribution in [0.25, 0.3) is 10.6 Å². The molecule has 20 heavy (non-hydrogen) atoms. The first-order valence-electron chi connectivity index (χ1n) is 5.76. The lowest BCUT2D eigenvalue weighted by molar-refractivity contribution is -0.139. The highest BCUT2D eigenvalue weighted by atomic mass is 32.1. The molecule has 0 atom stereocenters. The largest absolute Gasteiger partial charge is 0.419 e. The average Bonchev–Trinajstić information content (AvgIpc) is 2.84. The number of nitrogens with one attached hydrogen (secondary N) is 1. The molecule has 2 aromatic rings. The topological polar surface area (TPSA) is 37.8 Å². The van der Waals surface area contributed by atoms with E-state index >= 15 is 0 Å². The molecule has 0 bridgehead atoms. The van der Waals surface area contributed by atoms with Crippen molar-refractivity contribution in [1.29, 1.82) is 0 Å². The smallest absolute Gasteiger partial charge is 0.319 e. The summed E-state index contributed by atoms with van der Waals surface area (Å²) in [6.45, 7) is 0.700. The highest BCUT2D eigenvalue weighted by Gasteiger charge is 2.34. The van der Waals surface area contributed by atoms with Crippen LogP contribution in [0.4, 0.5) is 17.6 Å². The highest BCUT2D eigenvalue weighted by molar-refractivity contribution is 7.14. The SMILES string of the molecule is CNCCc1nnc(-c2ccc(F)c(C(F)(F)F)c2)s1. The molecular weight excluding hydrogens is 294 g/mol. The van der Waals surface area contributed by atoms with Crippen LogP contribution in [0.5, 0.6) is 0 Å². The van der Waals surface area contributed by atoms with Gasteiger partial charge in [0.05, 0.1) is 5.56 Å². The molecular formula is C12H11F4N3S. The van der Waals surface area contributed by atoms with E-state index in [0.29, 0.717) is 23.0 Å². The van der Waals surface area contributed by atoms with Gasteiger partial charge >= 0.3 is 6.18 Å². The molecule has 3 nitrogen and oxygen atoms in total. The Morgan fingerprint density at radius 3 is 2.65 bits per heavy atom. The predicted molar refractivity (Wildman–Crippen MR) is 67.9 cm³/mol. The summed E-state index contributed by atoms with van der Waals surface area (Å²) in [4.78, 5) is 0. The van der Waals surface area contributed by atoms with Gasteiger partial charge < -0.3 is 5.32 Å². The Kier molecular flexibility index (Phi) is 4.34. The summed E-state index contributed by atoms with van der Waals surface area (Å²) in [5.74, 6) is -1.29. The van der Waals surface area contributed by atoms with Crippen molar-refractivity contribution in [2.75, 3.05) is 13.6 Å². The van der Waals surface area contributed by atoms with Gasteiger partial charge in [0, 0.05) is 18.5 Å². The van der Waals surface area contributed by atoms with Gasteiger partial charge in [0.25, 0.3) is 0 Å². The summed E-state index contributed by atoms with van der Waals surface area (Å²) in [7, 11) is 1.79. The van der Waals surface area contributed by atoms with E-state index < -0.39 is 17.6 Å². The molecule has 1 heterocycles. The van der Waals surface area contributed by atoms with E-state index in [2.05, 4.69) is 15.5 Å². The van der Waals surface area contributed by atoms with Gasteiger partial charge in [-0.3, -0.25) is 0 Å². The molecule has 0 amide bonds. The molecule has 0 spiro atoms. The molecule has 0 unspecified atom stereocenters.